The van der Waals surface area contributed by atoms with E-state index in [4.69, 9.17) is 9.26 Å². The summed E-state index contributed by atoms with van der Waals surface area (Å²) >= 11 is 1.56. The minimum absolute atomic E-state index is 0.136. The Balaban J connectivity index is 1.55. The molecule has 3 aromatic rings. The lowest BCUT2D eigenvalue weighted by atomic mass is 9.96. The molecule has 0 bridgehead atoms. The van der Waals surface area contributed by atoms with E-state index in [0.717, 1.165) is 24.2 Å². The van der Waals surface area contributed by atoms with Crippen LogP contribution in [-0.2, 0) is 22.4 Å². The summed E-state index contributed by atoms with van der Waals surface area (Å²) in [5.74, 6) is 2.74. The third kappa shape index (κ3) is 4.79. The Morgan fingerprint density at radius 1 is 1.07 bits per heavy atom. The third-order valence-electron chi connectivity index (χ3n) is 4.64. The van der Waals surface area contributed by atoms with Crippen LogP contribution in [0.2, 0.25) is 0 Å². The molecule has 0 aliphatic carbocycles. The normalized spacial score (nSPS) is 15.1. The minimum Gasteiger partial charge on any atom is -0.378 e. The van der Waals surface area contributed by atoms with Crippen LogP contribution in [-0.4, -0.2) is 51.2 Å². The standard InChI is InChI=1S/C20H26N6O2S/c1-20(2,3)17-21-16(28-24-17)14-29-19-23-22-18(25-9-11-27-12-10-25)26(19)13-15-7-5-4-6-8-15/h4-8H,9-14H2,1-3H3. The molecule has 1 saturated heterocycles. The Morgan fingerprint density at radius 2 is 1.83 bits per heavy atom. The second-order valence-electron chi connectivity index (χ2n) is 8.00. The van der Waals surface area contributed by atoms with Crippen LogP contribution in [0.25, 0.3) is 0 Å². The highest BCUT2D eigenvalue weighted by Crippen LogP contribution is 2.27. The van der Waals surface area contributed by atoms with Crippen molar-refractivity contribution in [1.29, 1.82) is 0 Å². The van der Waals surface area contributed by atoms with Crippen LogP contribution in [0.1, 0.15) is 38.0 Å². The number of ether oxygens (including phenoxy) is 1. The largest absolute Gasteiger partial charge is 0.378 e. The fourth-order valence-electron chi connectivity index (χ4n) is 3.03. The van der Waals surface area contributed by atoms with Crippen molar-refractivity contribution in [3.05, 3.63) is 47.6 Å². The van der Waals surface area contributed by atoms with E-state index in [9.17, 15) is 0 Å². The molecule has 2 aromatic heterocycles. The van der Waals surface area contributed by atoms with Crippen molar-refractivity contribution in [1.82, 2.24) is 24.9 Å². The molecule has 4 rings (SSSR count). The molecule has 0 amide bonds. The van der Waals surface area contributed by atoms with Crippen molar-refractivity contribution in [2.45, 2.75) is 43.6 Å². The lowest BCUT2D eigenvalue weighted by Crippen LogP contribution is -2.38. The number of rotatable bonds is 6. The molecule has 0 radical (unpaired) electrons. The highest BCUT2D eigenvalue weighted by molar-refractivity contribution is 7.98. The average molecular weight is 415 g/mol. The van der Waals surface area contributed by atoms with E-state index in [1.807, 2.05) is 18.2 Å². The minimum atomic E-state index is -0.136. The van der Waals surface area contributed by atoms with E-state index in [-0.39, 0.29) is 5.41 Å². The first-order valence-electron chi connectivity index (χ1n) is 9.76. The van der Waals surface area contributed by atoms with Crippen molar-refractivity contribution in [2.75, 3.05) is 31.2 Å². The highest BCUT2D eigenvalue weighted by atomic mass is 32.2. The predicted molar refractivity (Wildman–Crippen MR) is 111 cm³/mol. The number of hydrogen-bond acceptors (Lipinski definition) is 8. The molecule has 0 atom stereocenters. The monoisotopic (exact) mass is 414 g/mol. The number of nitrogens with zero attached hydrogens (tertiary/aromatic N) is 6. The predicted octanol–water partition coefficient (Wildman–Crippen LogP) is 3.14. The second kappa shape index (κ2) is 8.54. The van der Waals surface area contributed by atoms with Crippen molar-refractivity contribution in [2.24, 2.45) is 0 Å². The molecule has 154 valence electrons. The Bertz CT molecular complexity index is 928. The number of anilines is 1. The molecule has 1 aliphatic heterocycles. The first kappa shape index (κ1) is 19.9. The van der Waals surface area contributed by atoms with Gasteiger partial charge in [-0.3, -0.25) is 4.57 Å². The fraction of sp³-hybridized carbons (Fsp3) is 0.500. The Hall–Kier alpha value is -2.39. The number of morpholine rings is 1. The van der Waals surface area contributed by atoms with Crippen LogP contribution in [0.15, 0.2) is 40.0 Å². The van der Waals surface area contributed by atoms with Crippen LogP contribution < -0.4 is 4.90 Å². The lowest BCUT2D eigenvalue weighted by Gasteiger charge is -2.28. The van der Waals surface area contributed by atoms with E-state index in [1.54, 1.807) is 11.8 Å². The topological polar surface area (TPSA) is 82.1 Å². The first-order valence-corrected chi connectivity index (χ1v) is 10.7. The number of aromatic nitrogens is 5. The first-order chi connectivity index (χ1) is 14.0. The summed E-state index contributed by atoms with van der Waals surface area (Å²) in [7, 11) is 0. The van der Waals surface area contributed by atoms with Crippen molar-refractivity contribution < 1.29 is 9.26 Å². The summed E-state index contributed by atoms with van der Waals surface area (Å²) in [4.78, 5) is 6.75. The summed E-state index contributed by atoms with van der Waals surface area (Å²) in [6.07, 6.45) is 0. The molecule has 1 fully saturated rings. The average Bonchev–Trinajstić information content (AvgIpc) is 3.35. The summed E-state index contributed by atoms with van der Waals surface area (Å²) in [6.45, 7) is 9.96. The number of benzene rings is 1. The summed E-state index contributed by atoms with van der Waals surface area (Å²) in [5.41, 5.74) is 1.07. The van der Waals surface area contributed by atoms with Gasteiger partial charge in [-0.2, -0.15) is 4.98 Å². The van der Waals surface area contributed by atoms with Crippen LogP contribution in [0.4, 0.5) is 5.95 Å². The van der Waals surface area contributed by atoms with Gasteiger partial charge in [-0.05, 0) is 5.56 Å². The molecule has 0 N–H and O–H groups in total. The zero-order valence-corrected chi connectivity index (χ0v) is 17.9. The second-order valence-corrected chi connectivity index (χ2v) is 8.95. The molecule has 0 spiro atoms. The zero-order valence-electron chi connectivity index (χ0n) is 17.0. The Labute approximate surface area is 174 Å². The zero-order chi connectivity index (χ0) is 20.3. The SMILES string of the molecule is CC(C)(C)c1noc(CSc2nnc(N3CCOCC3)n2Cc2ccccc2)n1. The van der Waals surface area contributed by atoms with E-state index in [2.05, 4.69) is 62.7 Å². The molecule has 0 unspecified atom stereocenters. The van der Waals surface area contributed by atoms with Gasteiger partial charge >= 0.3 is 0 Å². The maximum Gasteiger partial charge on any atom is 0.237 e. The Morgan fingerprint density at radius 3 is 2.52 bits per heavy atom. The van der Waals surface area contributed by atoms with Crippen LogP contribution in [0, 0.1) is 0 Å². The van der Waals surface area contributed by atoms with Gasteiger partial charge in [0.05, 0.1) is 25.5 Å². The maximum atomic E-state index is 5.49. The Kier molecular flexibility index (Phi) is 5.86. The van der Waals surface area contributed by atoms with Gasteiger partial charge in [-0.1, -0.05) is 68.0 Å². The molecule has 1 aromatic carbocycles. The molecule has 0 saturated carbocycles. The lowest BCUT2D eigenvalue weighted by molar-refractivity contribution is 0.121. The summed E-state index contributed by atoms with van der Waals surface area (Å²) in [6, 6.07) is 10.4. The van der Waals surface area contributed by atoms with Crippen molar-refractivity contribution in [3.8, 4) is 0 Å². The number of thioether (sulfide) groups is 1. The van der Waals surface area contributed by atoms with Gasteiger partial charge in [0.15, 0.2) is 11.0 Å². The smallest absolute Gasteiger partial charge is 0.237 e. The molecule has 8 nitrogen and oxygen atoms in total. The fourth-order valence-corrected chi connectivity index (χ4v) is 3.80. The molecule has 29 heavy (non-hydrogen) atoms. The van der Waals surface area contributed by atoms with E-state index in [1.165, 1.54) is 5.56 Å². The van der Waals surface area contributed by atoms with Crippen LogP contribution >= 0.6 is 11.8 Å². The molecular weight excluding hydrogens is 388 g/mol. The summed E-state index contributed by atoms with van der Waals surface area (Å²) in [5, 5.41) is 13.9. The van der Waals surface area contributed by atoms with Crippen molar-refractivity contribution in [3.63, 3.8) is 0 Å². The number of hydrogen-bond donors (Lipinski definition) is 0. The van der Waals surface area contributed by atoms with E-state index < -0.39 is 0 Å². The third-order valence-corrected chi connectivity index (χ3v) is 5.59. The highest BCUT2D eigenvalue weighted by Gasteiger charge is 2.23. The van der Waals surface area contributed by atoms with Gasteiger partial charge in [-0.15, -0.1) is 10.2 Å². The van der Waals surface area contributed by atoms with Gasteiger partial charge in [0, 0.05) is 18.5 Å². The van der Waals surface area contributed by atoms with Gasteiger partial charge in [0.1, 0.15) is 0 Å². The van der Waals surface area contributed by atoms with Gasteiger partial charge in [0.2, 0.25) is 11.8 Å². The van der Waals surface area contributed by atoms with Gasteiger partial charge in [-0.25, -0.2) is 0 Å². The maximum absolute atomic E-state index is 5.49. The van der Waals surface area contributed by atoms with E-state index in [0.29, 0.717) is 37.2 Å². The van der Waals surface area contributed by atoms with Gasteiger partial charge < -0.3 is 14.2 Å². The molecule has 9 heteroatoms. The molecule has 3 heterocycles. The van der Waals surface area contributed by atoms with Crippen LogP contribution in [0.5, 0.6) is 0 Å². The quantitative estimate of drug-likeness (QED) is 0.569. The van der Waals surface area contributed by atoms with Crippen molar-refractivity contribution >= 4 is 17.7 Å². The summed E-state index contributed by atoms with van der Waals surface area (Å²) < 4.78 is 13.1. The van der Waals surface area contributed by atoms with Gasteiger partial charge in [0.25, 0.3) is 0 Å². The molecular formula is C20H26N6O2S. The molecule has 1 aliphatic rings. The van der Waals surface area contributed by atoms with Crippen LogP contribution in [0.3, 0.4) is 0 Å². The van der Waals surface area contributed by atoms with E-state index >= 15 is 0 Å².